The van der Waals surface area contributed by atoms with Crippen LogP contribution in [0.4, 0.5) is 5.69 Å². The van der Waals surface area contributed by atoms with Gasteiger partial charge in [0.25, 0.3) is 5.91 Å². The Bertz CT molecular complexity index is 471. The first kappa shape index (κ1) is 10.6. The Kier molecular flexibility index (Phi) is 2.52. The molecule has 0 aliphatic carbocycles. The van der Waals surface area contributed by atoms with Crippen molar-refractivity contribution in [1.82, 2.24) is 5.32 Å². The van der Waals surface area contributed by atoms with Crippen molar-refractivity contribution in [2.45, 2.75) is 12.8 Å². The zero-order chi connectivity index (χ0) is 11.8. The average Bonchev–Trinajstić information content (AvgIpc) is 2.57. The lowest BCUT2D eigenvalue weighted by Crippen LogP contribution is -2.35. The average molecular weight is 232 g/mol. The van der Waals surface area contributed by atoms with E-state index in [4.69, 9.17) is 4.74 Å². The number of rotatable bonds is 0. The van der Waals surface area contributed by atoms with Gasteiger partial charge in [-0.1, -0.05) is 0 Å². The molecule has 0 radical (unpaired) electrons. The van der Waals surface area contributed by atoms with E-state index in [1.54, 1.807) is 4.90 Å². The third kappa shape index (κ3) is 1.78. The summed E-state index contributed by atoms with van der Waals surface area (Å²) in [6.07, 6.45) is 2.05. The van der Waals surface area contributed by atoms with Crippen LogP contribution in [0.25, 0.3) is 0 Å². The lowest BCUT2D eigenvalue weighted by atomic mass is 10.0. The molecule has 1 amide bonds. The molecule has 2 aliphatic heterocycles. The summed E-state index contributed by atoms with van der Waals surface area (Å²) in [5.74, 6) is 0.858. The van der Waals surface area contributed by atoms with Crippen LogP contribution in [-0.4, -0.2) is 32.7 Å². The summed E-state index contributed by atoms with van der Waals surface area (Å²) in [7, 11) is 1.81. The first-order valence-corrected chi connectivity index (χ1v) is 6.01. The molecule has 0 bridgehead atoms. The van der Waals surface area contributed by atoms with E-state index in [-0.39, 0.29) is 12.5 Å². The van der Waals surface area contributed by atoms with Crippen molar-refractivity contribution >= 4 is 11.6 Å². The van der Waals surface area contributed by atoms with Gasteiger partial charge in [-0.15, -0.1) is 0 Å². The number of likely N-dealkylation sites (N-methyl/N-ethyl adjacent to an activating group) is 1. The van der Waals surface area contributed by atoms with E-state index in [1.807, 2.05) is 7.05 Å². The van der Waals surface area contributed by atoms with Crippen molar-refractivity contribution in [3.8, 4) is 5.75 Å². The Morgan fingerprint density at radius 1 is 1.24 bits per heavy atom. The van der Waals surface area contributed by atoms with Gasteiger partial charge in [-0.3, -0.25) is 4.79 Å². The molecule has 0 aromatic heterocycles. The fourth-order valence-corrected chi connectivity index (χ4v) is 2.44. The topological polar surface area (TPSA) is 41.6 Å². The molecule has 2 aliphatic rings. The van der Waals surface area contributed by atoms with Gasteiger partial charge >= 0.3 is 0 Å². The Morgan fingerprint density at radius 2 is 1.94 bits per heavy atom. The predicted molar refractivity (Wildman–Crippen MR) is 65.6 cm³/mol. The Morgan fingerprint density at radius 3 is 2.71 bits per heavy atom. The monoisotopic (exact) mass is 232 g/mol. The van der Waals surface area contributed by atoms with Crippen LogP contribution in [0.1, 0.15) is 11.1 Å². The number of ether oxygens (including phenoxy) is 1. The number of anilines is 1. The van der Waals surface area contributed by atoms with Gasteiger partial charge in [0.2, 0.25) is 0 Å². The number of carbonyl (C=O) groups is 1. The van der Waals surface area contributed by atoms with Gasteiger partial charge in [-0.05, 0) is 49.2 Å². The van der Waals surface area contributed by atoms with Gasteiger partial charge in [-0.25, -0.2) is 0 Å². The second kappa shape index (κ2) is 4.04. The molecule has 1 aromatic rings. The fourth-order valence-electron chi connectivity index (χ4n) is 2.44. The van der Waals surface area contributed by atoms with Gasteiger partial charge in [0, 0.05) is 7.05 Å². The maximum Gasteiger partial charge on any atom is 0.264 e. The molecular formula is C13H16N2O2. The van der Waals surface area contributed by atoms with Crippen molar-refractivity contribution in [2.24, 2.45) is 0 Å². The number of nitrogens with zero attached hydrogens (tertiary/aromatic N) is 1. The minimum atomic E-state index is 0.0178. The van der Waals surface area contributed by atoms with Crippen LogP contribution in [0.2, 0.25) is 0 Å². The molecule has 0 saturated carbocycles. The van der Waals surface area contributed by atoms with Crippen molar-refractivity contribution in [3.05, 3.63) is 23.3 Å². The number of benzene rings is 1. The molecule has 1 aromatic carbocycles. The standard InChI is InChI=1S/C13H16N2O2/c1-15-11-6-9-2-4-14-5-3-10(9)7-12(11)17-8-13(15)16/h6-7,14H,2-5,8H2,1H3. The third-order valence-electron chi connectivity index (χ3n) is 3.51. The number of fused-ring (bicyclic) bond motifs is 2. The van der Waals surface area contributed by atoms with Gasteiger partial charge in [-0.2, -0.15) is 0 Å². The van der Waals surface area contributed by atoms with Gasteiger partial charge in [0.15, 0.2) is 6.61 Å². The molecule has 17 heavy (non-hydrogen) atoms. The normalized spacial score (nSPS) is 19.1. The maximum absolute atomic E-state index is 11.6. The van der Waals surface area contributed by atoms with Crippen molar-refractivity contribution in [3.63, 3.8) is 0 Å². The molecule has 1 N–H and O–H groups in total. The quantitative estimate of drug-likeness (QED) is 0.717. The van der Waals surface area contributed by atoms with Crippen molar-refractivity contribution in [2.75, 3.05) is 31.6 Å². The zero-order valence-electron chi connectivity index (χ0n) is 9.95. The Hall–Kier alpha value is -1.55. The Labute approximate surface area is 101 Å². The van der Waals surface area contributed by atoms with Crippen molar-refractivity contribution < 1.29 is 9.53 Å². The number of carbonyl (C=O) groups excluding carboxylic acids is 1. The van der Waals surface area contributed by atoms with Gasteiger partial charge in [0.05, 0.1) is 5.69 Å². The van der Waals surface area contributed by atoms with E-state index in [1.165, 1.54) is 11.1 Å². The molecule has 0 unspecified atom stereocenters. The highest BCUT2D eigenvalue weighted by Gasteiger charge is 2.24. The lowest BCUT2D eigenvalue weighted by Gasteiger charge is -2.27. The number of hydrogen-bond acceptors (Lipinski definition) is 3. The molecule has 0 atom stereocenters. The van der Waals surface area contributed by atoms with E-state index in [9.17, 15) is 4.79 Å². The number of hydrogen-bond donors (Lipinski definition) is 1. The molecule has 0 fully saturated rings. The Balaban J connectivity index is 2.07. The summed E-state index contributed by atoms with van der Waals surface area (Å²) < 4.78 is 5.50. The van der Waals surface area contributed by atoms with Crippen LogP contribution in [0.15, 0.2) is 12.1 Å². The largest absolute Gasteiger partial charge is 0.482 e. The van der Waals surface area contributed by atoms with E-state index in [0.29, 0.717) is 0 Å². The molecule has 90 valence electrons. The SMILES string of the molecule is CN1C(=O)COc2cc3c(cc21)CCNCC3. The first-order chi connectivity index (χ1) is 8.25. The smallest absolute Gasteiger partial charge is 0.264 e. The summed E-state index contributed by atoms with van der Waals surface area (Å²) in [5.41, 5.74) is 3.58. The van der Waals surface area contributed by atoms with Crippen LogP contribution in [0.3, 0.4) is 0 Å². The fraction of sp³-hybridized carbons (Fsp3) is 0.462. The summed E-state index contributed by atoms with van der Waals surface area (Å²) in [6, 6.07) is 4.20. The molecule has 4 heteroatoms. The summed E-state index contributed by atoms with van der Waals surface area (Å²) >= 11 is 0. The molecule has 3 rings (SSSR count). The highest BCUT2D eigenvalue weighted by molar-refractivity contribution is 5.97. The molecule has 4 nitrogen and oxygen atoms in total. The van der Waals surface area contributed by atoms with E-state index in [2.05, 4.69) is 17.4 Å². The summed E-state index contributed by atoms with van der Waals surface area (Å²) in [5, 5.41) is 3.38. The minimum absolute atomic E-state index is 0.0178. The second-order valence-electron chi connectivity index (χ2n) is 4.58. The van der Waals surface area contributed by atoms with E-state index in [0.717, 1.165) is 37.4 Å². The molecule has 2 heterocycles. The third-order valence-corrected chi connectivity index (χ3v) is 3.51. The highest BCUT2D eigenvalue weighted by atomic mass is 16.5. The maximum atomic E-state index is 11.6. The summed E-state index contributed by atoms with van der Waals surface area (Å²) in [6.45, 7) is 2.17. The van der Waals surface area contributed by atoms with Crippen molar-refractivity contribution in [1.29, 1.82) is 0 Å². The van der Waals surface area contributed by atoms with Crippen LogP contribution in [-0.2, 0) is 17.6 Å². The minimum Gasteiger partial charge on any atom is -0.482 e. The molecular weight excluding hydrogens is 216 g/mol. The zero-order valence-corrected chi connectivity index (χ0v) is 9.95. The predicted octanol–water partition coefficient (Wildman–Crippen LogP) is 0.730. The highest BCUT2D eigenvalue weighted by Crippen LogP contribution is 2.34. The van der Waals surface area contributed by atoms with Crippen LogP contribution in [0.5, 0.6) is 5.75 Å². The summed E-state index contributed by atoms with van der Waals surface area (Å²) in [4.78, 5) is 13.3. The number of nitrogens with one attached hydrogen (secondary N) is 1. The van der Waals surface area contributed by atoms with Crippen LogP contribution in [0, 0.1) is 0 Å². The molecule has 0 saturated heterocycles. The van der Waals surface area contributed by atoms with Gasteiger partial charge < -0.3 is 15.0 Å². The first-order valence-electron chi connectivity index (χ1n) is 6.01. The van der Waals surface area contributed by atoms with Crippen LogP contribution < -0.4 is 15.0 Å². The lowest BCUT2D eigenvalue weighted by molar-refractivity contribution is -0.120. The van der Waals surface area contributed by atoms with Gasteiger partial charge in [0.1, 0.15) is 5.75 Å². The van der Waals surface area contributed by atoms with E-state index < -0.39 is 0 Å². The van der Waals surface area contributed by atoms with Crippen LogP contribution >= 0.6 is 0 Å². The van der Waals surface area contributed by atoms with E-state index >= 15 is 0 Å². The second-order valence-corrected chi connectivity index (χ2v) is 4.58. The number of amides is 1. The molecule has 0 spiro atoms.